The Hall–Kier alpha value is -1.66. The number of hydrogen-bond acceptors (Lipinski definition) is 5. The van der Waals surface area contributed by atoms with Crippen molar-refractivity contribution in [2.24, 2.45) is 5.41 Å². The van der Waals surface area contributed by atoms with Crippen molar-refractivity contribution in [1.29, 1.82) is 0 Å². The molecular weight excluding hydrogens is 294 g/mol. The molecule has 1 aliphatic rings. The van der Waals surface area contributed by atoms with E-state index in [0.717, 1.165) is 12.2 Å². The Morgan fingerprint density at radius 2 is 2.22 bits per heavy atom. The molecule has 0 saturated carbocycles. The third-order valence-corrected chi connectivity index (χ3v) is 4.69. The number of rotatable bonds is 5. The average Bonchev–Trinajstić information content (AvgIpc) is 2.56. The maximum absolute atomic E-state index is 12.7. The summed E-state index contributed by atoms with van der Waals surface area (Å²) < 4.78 is 0. The summed E-state index contributed by atoms with van der Waals surface area (Å²) in [7, 11) is 3.80. The van der Waals surface area contributed by atoms with Crippen LogP contribution in [-0.2, 0) is 0 Å². The number of aliphatic hydroxyl groups is 2. The van der Waals surface area contributed by atoms with Crippen LogP contribution in [0.3, 0.4) is 0 Å². The number of aliphatic hydroxyl groups excluding tert-OH is 2. The lowest BCUT2D eigenvalue weighted by Gasteiger charge is -2.45. The van der Waals surface area contributed by atoms with E-state index in [1.54, 1.807) is 17.2 Å². The van der Waals surface area contributed by atoms with E-state index in [1.807, 2.05) is 32.0 Å². The molecule has 0 aliphatic carbocycles. The third kappa shape index (κ3) is 3.64. The van der Waals surface area contributed by atoms with Crippen molar-refractivity contribution in [3.8, 4) is 0 Å². The molecule has 1 aliphatic heterocycles. The van der Waals surface area contributed by atoms with E-state index in [-0.39, 0.29) is 12.5 Å². The minimum Gasteiger partial charge on any atom is -0.396 e. The van der Waals surface area contributed by atoms with E-state index in [2.05, 4.69) is 4.98 Å². The van der Waals surface area contributed by atoms with Gasteiger partial charge in [0.15, 0.2) is 0 Å². The fourth-order valence-corrected chi connectivity index (χ4v) is 3.26. The van der Waals surface area contributed by atoms with Crippen LogP contribution in [0.25, 0.3) is 0 Å². The molecule has 6 nitrogen and oxygen atoms in total. The Bertz CT molecular complexity index is 532. The van der Waals surface area contributed by atoms with Crippen LogP contribution in [0.2, 0.25) is 0 Å². The number of piperidine rings is 1. The molecule has 0 aromatic carbocycles. The Morgan fingerprint density at radius 3 is 2.74 bits per heavy atom. The van der Waals surface area contributed by atoms with Gasteiger partial charge in [-0.2, -0.15) is 0 Å². The van der Waals surface area contributed by atoms with Crippen LogP contribution in [-0.4, -0.2) is 65.9 Å². The Balaban J connectivity index is 2.15. The van der Waals surface area contributed by atoms with Gasteiger partial charge in [-0.25, -0.2) is 4.98 Å². The van der Waals surface area contributed by atoms with E-state index in [0.29, 0.717) is 31.5 Å². The van der Waals surface area contributed by atoms with Gasteiger partial charge in [-0.1, -0.05) is 13.3 Å². The summed E-state index contributed by atoms with van der Waals surface area (Å²) in [5.41, 5.74) is -0.0741. The molecule has 1 aromatic heterocycles. The Labute approximate surface area is 137 Å². The number of likely N-dealkylation sites (tertiary alicyclic amines) is 1. The van der Waals surface area contributed by atoms with Crippen LogP contribution < -0.4 is 4.90 Å². The van der Waals surface area contributed by atoms with Crippen LogP contribution in [0.1, 0.15) is 36.5 Å². The number of nitrogens with zero attached hydrogens (tertiary/aromatic N) is 3. The van der Waals surface area contributed by atoms with Gasteiger partial charge < -0.3 is 20.0 Å². The van der Waals surface area contributed by atoms with Crippen molar-refractivity contribution >= 4 is 11.7 Å². The Kier molecular flexibility index (Phi) is 5.59. The van der Waals surface area contributed by atoms with Gasteiger partial charge in [-0.3, -0.25) is 4.79 Å². The van der Waals surface area contributed by atoms with Crippen LogP contribution in [0.5, 0.6) is 0 Å². The summed E-state index contributed by atoms with van der Waals surface area (Å²) in [6.07, 6.45) is 3.08. The van der Waals surface area contributed by atoms with Crippen LogP contribution in [0.4, 0.5) is 5.82 Å². The highest BCUT2D eigenvalue weighted by Gasteiger charge is 2.43. The van der Waals surface area contributed by atoms with Crippen molar-refractivity contribution in [1.82, 2.24) is 9.88 Å². The smallest absolute Gasteiger partial charge is 0.255 e. The number of carbonyl (C=O) groups is 1. The SMILES string of the molecule is CCC[C@@]1(CO)CN(C(=O)c2ccc(N(C)C)nc2)CC[C@H]1O. The molecule has 0 unspecified atom stereocenters. The minimum absolute atomic E-state index is 0.0939. The van der Waals surface area contributed by atoms with E-state index >= 15 is 0 Å². The summed E-state index contributed by atoms with van der Waals surface area (Å²) in [5, 5.41) is 20.1. The molecule has 128 valence electrons. The van der Waals surface area contributed by atoms with Gasteiger partial charge in [0.25, 0.3) is 5.91 Å². The van der Waals surface area contributed by atoms with Crippen molar-refractivity contribution in [2.75, 3.05) is 38.7 Å². The van der Waals surface area contributed by atoms with E-state index in [4.69, 9.17) is 0 Å². The fourth-order valence-electron chi connectivity index (χ4n) is 3.26. The molecular formula is C17H27N3O3. The first-order chi connectivity index (χ1) is 10.9. The van der Waals surface area contributed by atoms with Crippen LogP contribution >= 0.6 is 0 Å². The first-order valence-corrected chi connectivity index (χ1v) is 8.15. The molecule has 2 atom stereocenters. The molecule has 1 fully saturated rings. The summed E-state index contributed by atoms with van der Waals surface area (Å²) in [5.74, 6) is 0.704. The van der Waals surface area contributed by atoms with Gasteiger partial charge in [0.2, 0.25) is 0 Å². The molecule has 1 amide bonds. The second kappa shape index (κ2) is 7.27. The minimum atomic E-state index is -0.611. The van der Waals surface area contributed by atoms with Crippen molar-refractivity contribution in [2.45, 2.75) is 32.3 Å². The maximum atomic E-state index is 12.7. The molecule has 23 heavy (non-hydrogen) atoms. The number of anilines is 1. The molecule has 0 bridgehead atoms. The van der Waals surface area contributed by atoms with Gasteiger partial charge >= 0.3 is 0 Å². The standard InChI is InChI=1S/C17H27N3O3/c1-4-8-17(12-21)11-20(9-7-14(17)22)16(23)13-5-6-15(18-10-13)19(2)3/h5-6,10,14,21-22H,4,7-9,11-12H2,1-3H3/t14-,17+/m1/s1. The second-order valence-corrected chi connectivity index (χ2v) is 6.60. The predicted octanol–water partition coefficient (Wildman–Crippen LogP) is 1.13. The van der Waals surface area contributed by atoms with Gasteiger partial charge in [0.1, 0.15) is 5.82 Å². The maximum Gasteiger partial charge on any atom is 0.255 e. The number of aromatic nitrogens is 1. The molecule has 2 rings (SSSR count). The topological polar surface area (TPSA) is 76.9 Å². The number of hydrogen-bond donors (Lipinski definition) is 2. The second-order valence-electron chi connectivity index (χ2n) is 6.60. The largest absolute Gasteiger partial charge is 0.396 e. The lowest BCUT2D eigenvalue weighted by Crippen LogP contribution is -2.55. The first-order valence-electron chi connectivity index (χ1n) is 8.15. The molecule has 2 N–H and O–H groups in total. The van der Waals surface area contributed by atoms with E-state index < -0.39 is 11.5 Å². The van der Waals surface area contributed by atoms with Gasteiger partial charge in [-0.05, 0) is 25.0 Å². The zero-order chi connectivity index (χ0) is 17.0. The Morgan fingerprint density at radius 1 is 1.48 bits per heavy atom. The molecule has 1 aromatic rings. The van der Waals surface area contributed by atoms with Crippen LogP contribution in [0.15, 0.2) is 18.3 Å². The van der Waals surface area contributed by atoms with Crippen LogP contribution in [0, 0.1) is 5.41 Å². The van der Waals surface area contributed by atoms with Crippen molar-refractivity contribution in [3.63, 3.8) is 0 Å². The van der Waals surface area contributed by atoms with E-state index in [9.17, 15) is 15.0 Å². The average molecular weight is 321 g/mol. The highest BCUT2D eigenvalue weighted by molar-refractivity contribution is 5.94. The quantitative estimate of drug-likeness (QED) is 0.850. The van der Waals surface area contributed by atoms with Gasteiger partial charge in [-0.15, -0.1) is 0 Å². The molecule has 2 heterocycles. The normalized spacial score (nSPS) is 24.6. The molecule has 0 radical (unpaired) electrons. The van der Waals surface area contributed by atoms with E-state index in [1.165, 1.54) is 0 Å². The predicted molar refractivity (Wildman–Crippen MR) is 89.5 cm³/mol. The highest BCUT2D eigenvalue weighted by atomic mass is 16.3. The number of amides is 1. The lowest BCUT2D eigenvalue weighted by molar-refractivity contribution is -0.0720. The summed E-state index contributed by atoms with van der Waals surface area (Å²) in [4.78, 5) is 20.6. The van der Waals surface area contributed by atoms with Gasteiger partial charge in [0, 0.05) is 38.8 Å². The van der Waals surface area contributed by atoms with Crippen molar-refractivity contribution in [3.05, 3.63) is 23.9 Å². The number of pyridine rings is 1. The monoisotopic (exact) mass is 321 g/mol. The zero-order valence-corrected chi connectivity index (χ0v) is 14.2. The fraction of sp³-hybridized carbons (Fsp3) is 0.647. The molecule has 0 spiro atoms. The highest BCUT2D eigenvalue weighted by Crippen LogP contribution is 2.35. The first kappa shape index (κ1) is 17.7. The number of carbonyl (C=O) groups excluding carboxylic acids is 1. The third-order valence-electron chi connectivity index (χ3n) is 4.69. The van der Waals surface area contributed by atoms with Crippen molar-refractivity contribution < 1.29 is 15.0 Å². The molecule has 6 heteroatoms. The molecule has 1 saturated heterocycles. The lowest BCUT2D eigenvalue weighted by atomic mass is 9.74. The van der Waals surface area contributed by atoms with Gasteiger partial charge in [0.05, 0.1) is 18.3 Å². The summed E-state index contributed by atoms with van der Waals surface area (Å²) >= 11 is 0. The summed E-state index contributed by atoms with van der Waals surface area (Å²) in [6, 6.07) is 3.59. The zero-order valence-electron chi connectivity index (χ0n) is 14.2. The summed E-state index contributed by atoms with van der Waals surface area (Å²) in [6.45, 7) is 2.80.